The molecule has 2 fully saturated rings. The van der Waals surface area contributed by atoms with Crippen molar-refractivity contribution < 1.29 is 0 Å². The largest absolute Gasteiger partial charge is 0.327 e. The van der Waals surface area contributed by atoms with E-state index in [1.807, 2.05) is 0 Å². The molecule has 0 radical (unpaired) electrons. The van der Waals surface area contributed by atoms with Gasteiger partial charge in [0.05, 0.1) is 0 Å². The first-order chi connectivity index (χ1) is 5.38. The molecule has 2 N–H and O–H groups in total. The van der Waals surface area contributed by atoms with Crippen molar-refractivity contribution in [2.45, 2.75) is 51.0 Å². The fourth-order valence-corrected chi connectivity index (χ4v) is 2.64. The second-order valence-electron chi connectivity index (χ2n) is 4.30. The maximum Gasteiger partial charge on any atom is 0.00698 e. The molecule has 11 heavy (non-hydrogen) atoms. The first-order valence-corrected chi connectivity index (χ1v) is 5.13. The molecule has 1 heteroatoms. The van der Waals surface area contributed by atoms with Crippen molar-refractivity contribution in [3.8, 4) is 0 Å². The number of nitrogens with two attached hydrogens (primary N) is 1. The summed E-state index contributed by atoms with van der Waals surface area (Å²) in [4.78, 5) is 0. The normalized spacial score (nSPS) is 40.1. The Morgan fingerprint density at radius 2 is 1.55 bits per heavy atom. The number of hydrogen-bond donors (Lipinski definition) is 1. The molecule has 2 aliphatic carbocycles. The van der Waals surface area contributed by atoms with Gasteiger partial charge in [0.15, 0.2) is 0 Å². The molecule has 1 nitrogen and oxygen atoms in total. The summed E-state index contributed by atoms with van der Waals surface area (Å²) in [5.41, 5.74) is 6.09. The van der Waals surface area contributed by atoms with Gasteiger partial charge in [0.25, 0.3) is 0 Å². The van der Waals surface area contributed by atoms with E-state index in [2.05, 4.69) is 0 Å². The van der Waals surface area contributed by atoms with Gasteiger partial charge in [-0.2, -0.15) is 0 Å². The Balaban J connectivity index is 1.88. The van der Waals surface area contributed by atoms with Crippen molar-refractivity contribution in [2.24, 2.45) is 17.6 Å². The van der Waals surface area contributed by atoms with Crippen LogP contribution in [0.4, 0.5) is 0 Å². The van der Waals surface area contributed by atoms with Crippen LogP contribution in [0.3, 0.4) is 0 Å². The minimum atomic E-state index is 0.550. The number of rotatable bonds is 1. The van der Waals surface area contributed by atoms with Crippen molar-refractivity contribution in [3.05, 3.63) is 0 Å². The molecule has 0 aromatic rings. The van der Waals surface area contributed by atoms with Gasteiger partial charge in [0.2, 0.25) is 0 Å². The first-order valence-electron chi connectivity index (χ1n) is 5.13. The average molecular weight is 153 g/mol. The first kappa shape index (κ1) is 7.60. The van der Waals surface area contributed by atoms with Crippen LogP contribution in [-0.4, -0.2) is 6.04 Å². The van der Waals surface area contributed by atoms with Crippen molar-refractivity contribution >= 4 is 0 Å². The van der Waals surface area contributed by atoms with E-state index < -0.39 is 0 Å². The fraction of sp³-hybridized carbons (Fsp3) is 1.00. The van der Waals surface area contributed by atoms with Gasteiger partial charge in [-0.05, 0) is 24.7 Å². The molecule has 0 aliphatic heterocycles. The van der Waals surface area contributed by atoms with Gasteiger partial charge in [0, 0.05) is 6.04 Å². The van der Waals surface area contributed by atoms with E-state index in [1.54, 1.807) is 0 Å². The zero-order valence-corrected chi connectivity index (χ0v) is 7.26. The monoisotopic (exact) mass is 153 g/mol. The molecule has 64 valence electrons. The van der Waals surface area contributed by atoms with E-state index in [0.717, 1.165) is 11.8 Å². The second kappa shape index (κ2) is 3.14. The van der Waals surface area contributed by atoms with Crippen molar-refractivity contribution in [1.82, 2.24) is 0 Å². The summed E-state index contributed by atoms with van der Waals surface area (Å²) < 4.78 is 0. The van der Waals surface area contributed by atoms with E-state index in [0.29, 0.717) is 6.04 Å². The highest BCUT2D eigenvalue weighted by Gasteiger charge is 2.32. The lowest BCUT2D eigenvalue weighted by molar-refractivity contribution is 0.140. The Labute approximate surface area is 69.4 Å². The third kappa shape index (κ3) is 1.44. The highest BCUT2D eigenvalue weighted by atomic mass is 14.7. The van der Waals surface area contributed by atoms with Gasteiger partial charge in [-0.25, -0.2) is 0 Å². The molecule has 2 aliphatic rings. The molecule has 2 rings (SSSR count). The van der Waals surface area contributed by atoms with Gasteiger partial charge in [-0.15, -0.1) is 0 Å². The maximum atomic E-state index is 6.09. The molecule has 2 saturated carbocycles. The summed E-state index contributed by atoms with van der Waals surface area (Å²) in [6.45, 7) is 0. The van der Waals surface area contributed by atoms with E-state index >= 15 is 0 Å². The summed E-state index contributed by atoms with van der Waals surface area (Å²) in [5.74, 6) is 1.92. The smallest absolute Gasteiger partial charge is 0.00698 e. The molecule has 2 unspecified atom stereocenters. The quantitative estimate of drug-likeness (QED) is 0.614. The van der Waals surface area contributed by atoms with Gasteiger partial charge in [0.1, 0.15) is 0 Å². The van der Waals surface area contributed by atoms with E-state index in [9.17, 15) is 0 Å². The van der Waals surface area contributed by atoms with Gasteiger partial charge < -0.3 is 5.73 Å². The fourth-order valence-electron chi connectivity index (χ4n) is 2.64. The average Bonchev–Trinajstić information content (AvgIpc) is 1.90. The van der Waals surface area contributed by atoms with Gasteiger partial charge in [-0.3, -0.25) is 0 Å². The summed E-state index contributed by atoms with van der Waals surface area (Å²) in [7, 11) is 0. The predicted molar refractivity (Wildman–Crippen MR) is 47.3 cm³/mol. The van der Waals surface area contributed by atoms with Crippen molar-refractivity contribution in [2.75, 3.05) is 0 Å². The summed E-state index contributed by atoms with van der Waals surface area (Å²) in [5, 5.41) is 0. The molecular weight excluding hydrogens is 134 g/mol. The highest BCUT2D eigenvalue weighted by Crippen LogP contribution is 2.40. The molecule has 0 aromatic carbocycles. The third-order valence-electron chi connectivity index (χ3n) is 3.63. The van der Waals surface area contributed by atoms with Crippen molar-refractivity contribution in [3.63, 3.8) is 0 Å². The van der Waals surface area contributed by atoms with Crippen LogP contribution in [0.15, 0.2) is 0 Å². The Kier molecular flexibility index (Phi) is 2.17. The zero-order chi connectivity index (χ0) is 7.68. The van der Waals surface area contributed by atoms with E-state index in [1.165, 1.54) is 44.9 Å². The Bertz CT molecular complexity index is 127. The molecular formula is C10H19N. The van der Waals surface area contributed by atoms with Crippen LogP contribution in [-0.2, 0) is 0 Å². The van der Waals surface area contributed by atoms with Crippen LogP contribution in [0.1, 0.15) is 44.9 Å². The molecule has 0 amide bonds. The predicted octanol–water partition coefficient (Wildman–Crippen LogP) is 2.30. The molecule has 0 aromatic heterocycles. The van der Waals surface area contributed by atoms with E-state index in [4.69, 9.17) is 5.73 Å². The molecule has 0 spiro atoms. The molecule has 0 heterocycles. The molecule has 0 bridgehead atoms. The standard InChI is InChI=1S/C10H19N/c11-10-7-2-1-6-9(10)8-4-3-5-8/h8-10H,1-7,11H2. The van der Waals surface area contributed by atoms with Crippen molar-refractivity contribution in [1.29, 1.82) is 0 Å². The van der Waals surface area contributed by atoms with Crippen LogP contribution in [0.25, 0.3) is 0 Å². The summed E-state index contributed by atoms with van der Waals surface area (Å²) >= 11 is 0. The van der Waals surface area contributed by atoms with Crippen LogP contribution in [0, 0.1) is 11.8 Å². The Morgan fingerprint density at radius 3 is 2.09 bits per heavy atom. The second-order valence-corrected chi connectivity index (χ2v) is 4.30. The van der Waals surface area contributed by atoms with Crippen LogP contribution in [0.2, 0.25) is 0 Å². The zero-order valence-electron chi connectivity index (χ0n) is 7.26. The maximum absolute atomic E-state index is 6.09. The lowest BCUT2D eigenvalue weighted by Crippen LogP contribution is -2.39. The minimum absolute atomic E-state index is 0.550. The Morgan fingerprint density at radius 1 is 0.818 bits per heavy atom. The third-order valence-corrected chi connectivity index (χ3v) is 3.63. The Hall–Kier alpha value is -0.0400. The molecule has 2 atom stereocenters. The lowest BCUT2D eigenvalue weighted by Gasteiger charge is -2.39. The van der Waals surface area contributed by atoms with Crippen LogP contribution in [0.5, 0.6) is 0 Å². The van der Waals surface area contributed by atoms with Gasteiger partial charge in [-0.1, -0.05) is 32.1 Å². The molecule has 0 saturated heterocycles. The van der Waals surface area contributed by atoms with Crippen LogP contribution >= 0.6 is 0 Å². The minimum Gasteiger partial charge on any atom is -0.327 e. The number of hydrogen-bond acceptors (Lipinski definition) is 1. The SMILES string of the molecule is NC1CCCCC1C1CCC1. The highest BCUT2D eigenvalue weighted by molar-refractivity contribution is 4.86. The van der Waals surface area contributed by atoms with E-state index in [-0.39, 0.29) is 0 Å². The van der Waals surface area contributed by atoms with Gasteiger partial charge >= 0.3 is 0 Å². The topological polar surface area (TPSA) is 26.0 Å². The lowest BCUT2D eigenvalue weighted by atomic mass is 9.68. The summed E-state index contributed by atoms with van der Waals surface area (Å²) in [6.07, 6.45) is 9.94. The van der Waals surface area contributed by atoms with Crippen LogP contribution < -0.4 is 5.73 Å². The summed E-state index contributed by atoms with van der Waals surface area (Å²) in [6, 6.07) is 0.550.